The maximum absolute atomic E-state index is 5.82. The van der Waals surface area contributed by atoms with Gasteiger partial charge in [-0.15, -0.1) is 0 Å². The highest BCUT2D eigenvalue weighted by atomic mass is 16.5. The molecule has 2 heterocycles. The second kappa shape index (κ2) is 3.32. The number of nitrogens with two attached hydrogens (primary N) is 1. The van der Waals surface area contributed by atoms with Crippen molar-refractivity contribution < 1.29 is 9.47 Å². The average Bonchev–Trinajstić information content (AvgIpc) is 2.49. The van der Waals surface area contributed by atoms with Crippen molar-refractivity contribution in [1.29, 1.82) is 0 Å². The van der Waals surface area contributed by atoms with Crippen molar-refractivity contribution in [1.82, 2.24) is 0 Å². The quantitative estimate of drug-likeness (QED) is 0.626. The molecule has 12 heavy (non-hydrogen) atoms. The largest absolute Gasteiger partial charge is 0.381 e. The van der Waals surface area contributed by atoms with Gasteiger partial charge in [0.2, 0.25) is 0 Å². The third-order valence-electron chi connectivity index (χ3n) is 3.22. The molecule has 1 spiro atoms. The second-order valence-electron chi connectivity index (χ2n) is 3.75. The highest BCUT2D eigenvalue weighted by molar-refractivity contribution is 4.94. The van der Waals surface area contributed by atoms with Crippen molar-refractivity contribution in [3.63, 3.8) is 0 Å². The van der Waals surface area contributed by atoms with E-state index in [1.807, 2.05) is 0 Å². The van der Waals surface area contributed by atoms with E-state index in [2.05, 4.69) is 0 Å². The first-order chi connectivity index (χ1) is 5.87. The van der Waals surface area contributed by atoms with E-state index >= 15 is 0 Å². The standard InChI is InChI=1S/C9H17NO2/c10-7-8-1-4-12-9(8)2-5-11-6-3-9/h8H,1-7,10H2. The Balaban J connectivity index is 2.05. The fourth-order valence-corrected chi connectivity index (χ4v) is 2.39. The molecular weight excluding hydrogens is 154 g/mol. The molecule has 2 fully saturated rings. The van der Waals surface area contributed by atoms with Gasteiger partial charge in [0, 0.05) is 38.6 Å². The van der Waals surface area contributed by atoms with Crippen LogP contribution >= 0.6 is 0 Å². The van der Waals surface area contributed by atoms with Crippen LogP contribution in [0.4, 0.5) is 0 Å². The molecule has 0 aliphatic carbocycles. The van der Waals surface area contributed by atoms with Gasteiger partial charge in [0.1, 0.15) is 0 Å². The predicted octanol–water partition coefficient (Wildman–Crippen LogP) is 0.531. The Morgan fingerprint density at radius 2 is 2.00 bits per heavy atom. The van der Waals surface area contributed by atoms with Crippen molar-refractivity contribution in [2.45, 2.75) is 24.9 Å². The Kier molecular flexibility index (Phi) is 2.35. The zero-order valence-electron chi connectivity index (χ0n) is 7.42. The highest BCUT2D eigenvalue weighted by Gasteiger charge is 2.44. The van der Waals surface area contributed by atoms with Gasteiger partial charge in [-0.1, -0.05) is 0 Å². The van der Waals surface area contributed by atoms with Crippen molar-refractivity contribution in [3.8, 4) is 0 Å². The number of ether oxygens (including phenoxy) is 2. The van der Waals surface area contributed by atoms with E-state index < -0.39 is 0 Å². The molecule has 3 heteroatoms. The fraction of sp³-hybridized carbons (Fsp3) is 1.00. The number of hydrogen-bond donors (Lipinski definition) is 1. The first kappa shape index (κ1) is 8.48. The minimum Gasteiger partial charge on any atom is -0.381 e. The first-order valence-electron chi connectivity index (χ1n) is 4.79. The Bertz CT molecular complexity index is 155. The van der Waals surface area contributed by atoms with Crippen LogP contribution in [0.5, 0.6) is 0 Å². The van der Waals surface area contributed by atoms with Crippen LogP contribution < -0.4 is 5.73 Å². The topological polar surface area (TPSA) is 44.5 Å². The molecule has 70 valence electrons. The van der Waals surface area contributed by atoms with E-state index in [1.54, 1.807) is 0 Å². The summed E-state index contributed by atoms with van der Waals surface area (Å²) in [5.41, 5.74) is 5.81. The molecular formula is C9H17NO2. The lowest BCUT2D eigenvalue weighted by molar-refractivity contribution is -0.0958. The Hall–Kier alpha value is -0.120. The van der Waals surface area contributed by atoms with Crippen molar-refractivity contribution in [3.05, 3.63) is 0 Å². The summed E-state index contributed by atoms with van der Waals surface area (Å²) in [5.74, 6) is 0.571. The molecule has 2 aliphatic rings. The smallest absolute Gasteiger partial charge is 0.0767 e. The molecule has 2 rings (SSSR count). The summed E-state index contributed by atoms with van der Waals surface area (Å²) in [6, 6.07) is 0. The Morgan fingerprint density at radius 1 is 1.25 bits per heavy atom. The van der Waals surface area contributed by atoms with Gasteiger partial charge in [-0.2, -0.15) is 0 Å². The van der Waals surface area contributed by atoms with Crippen LogP contribution in [-0.4, -0.2) is 32.0 Å². The summed E-state index contributed by atoms with van der Waals surface area (Å²) in [4.78, 5) is 0. The summed E-state index contributed by atoms with van der Waals surface area (Å²) < 4.78 is 11.2. The van der Waals surface area contributed by atoms with Gasteiger partial charge in [0.05, 0.1) is 5.60 Å². The molecule has 0 amide bonds. The molecule has 3 nitrogen and oxygen atoms in total. The minimum atomic E-state index is 0.0903. The molecule has 0 bridgehead atoms. The van der Waals surface area contributed by atoms with Crippen LogP contribution in [0.1, 0.15) is 19.3 Å². The fourth-order valence-electron chi connectivity index (χ4n) is 2.39. The third kappa shape index (κ3) is 1.26. The molecule has 1 unspecified atom stereocenters. The number of rotatable bonds is 1. The van der Waals surface area contributed by atoms with Gasteiger partial charge in [0.25, 0.3) is 0 Å². The average molecular weight is 171 g/mol. The molecule has 1 atom stereocenters. The van der Waals surface area contributed by atoms with Crippen LogP contribution in [0.25, 0.3) is 0 Å². The van der Waals surface area contributed by atoms with Gasteiger partial charge in [-0.25, -0.2) is 0 Å². The minimum absolute atomic E-state index is 0.0903. The summed E-state index contributed by atoms with van der Waals surface area (Å²) in [6.45, 7) is 3.34. The van der Waals surface area contributed by atoms with E-state index in [0.717, 1.165) is 45.6 Å². The second-order valence-corrected chi connectivity index (χ2v) is 3.75. The summed E-state index contributed by atoms with van der Waals surface area (Å²) in [7, 11) is 0. The molecule has 2 aliphatic heterocycles. The van der Waals surface area contributed by atoms with Gasteiger partial charge >= 0.3 is 0 Å². The van der Waals surface area contributed by atoms with Crippen molar-refractivity contribution in [2.75, 3.05) is 26.4 Å². The normalized spacial score (nSPS) is 34.2. The lowest BCUT2D eigenvalue weighted by Crippen LogP contribution is -2.43. The van der Waals surface area contributed by atoms with E-state index in [0.29, 0.717) is 5.92 Å². The van der Waals surface area contributed by atoms with Gasteiger partial charge < -0.3 is 15.2 Å². The van der Waals surface area contributed by atoms with Crippen LogP contribution in [0.3, 0.4) is 0 Å². The van der Waals surface area contributed by atoms with Crippen molar-refractivity contribution >= 4 is 0 Å². The summed E-state index contributed by atoms with van der Waals surface area (Å²) in [6.07, 6.45) is 3.21. The monoisotopic (exact) mass is 171 g/mol. The van der Waals surface area contributed by atoms with Crippen LogP contribution in [-0.2, 0) is 9.47 Å². The SMILES string of the molecule is NCC1CCOC12CCOCC2. The van der Waals surface area contributed by atoms with Gasteiger partial charge in [-0.3, -0.25) is 0 Å². The summed E-state index contributed by atoms with van der Waals surface area (Å²) >= 11 is 0. The van der Waals surface area contributed by atoms with E-state index in [1.165, 1.54) is 0 Å². The maximum atomic E-state index is 5.82. The molecule has 0 saturated carbocycles. The van der Waals surface area contributed by atoms with Crippen LogP contribution in [0.2, 0.25) is 0 Å². The van der Waals surface area contributed by atoms with E-state index in [-0.39, 0.29) is 5.60 Å². The van der Waals surface area contributed by atoms with Crippen molar-refractivity contribution in [2.24, 2.45) is 11.7 Å². The lowest BCUT2D eigenvalue weighted by Gasteiger charge is -2.37. The third-order valence-corrected chi connectivity index (χ3v) is 3.22. The Labute approximate surface area is 73.2 Å². The first-order valence-corrected chi connectivity index (χ1v) is 4.79. The molecule has 2 saturated heterocycles. The van der Waals surface area contributed by atoms with Crippen LogP contribution in [0, 0.1) is 5.92 Å². The molecule has 2 N–H and O–H groups in total. The number of hydrogen-bond acceptors (Lipinski definition) is 3. The maximum Gasteiger partial charge on any atom is 0.0767 e. The van der Waals surface area contributed by atoms with Crippen LogP contribution in [0.15, 0.2) is 0 Å². The van der Waals surface area contributed by atoms with Gasteiger partial charge in [-0.05, 0) is 13.0 Å². The van der Waals surface area contributed by atoms with Gasteiger partial charge in [0.15, 0.2) is 0 Å². The molecule has 0 radical (unpaired) electrons. The molecule has 0 aromatic carbocycles. The highest BCUT2D eigenvalue weighted by Crippen LogP contribution is 2.39. The molecule has 0 aromatic heterocycles. The van der Waals surface area contributed by atoms with E-state index in [9.17, 15) is 0 Å². The van der Waals surface area contributed by atoms with E-state index in [4.69, 9.17) is 15.2 Å². The Morgan fingerprint density at radius 3 is 2.67 bits per heavy atom. The predicted molar refractivity (Wildman–Crippen MR) is 45.9 cm³/mol. The lowest BCUT2D eigenvalue weighted by atomic mass is 9.81. The summed E-state index contributed by atoms with van der Waals surface area (Å²) in [5, 5.41) is 0. The zero-order valence-corrected chi connectivity index (χ0v) is 7.42. The molecule has 0 aromatic rings. The zero-order chi connectivity index (χ0) is 8.44.